The maximum absolute atomic E-state index is 11.1. The van der Waals surface area contributed by atoms with Crippen LogP contribution in [0.2, 0.25) is 0 Å². The highest BCUT2D eigenvalue weighted by Gasteiger charge is 2.19. The molecule has 0 saturated carbocycles. The number of piperazine rings is 1. The molecule has 0 aliphatic carbocycles. The van der Waals surface area contributed by atoms with Gasteiger partial charge >= 0.3 is 5.97 Å². The van der Waals surface area contributed by atoms with Gasteiger partial charge in [-0.15, -0.1) is 0 Å². The molecule has 3 heterocycles. The van der Waals surface area contributed by atoms with E-state index in [0.29, 0.717) is 11.4 Å². The first kappa shape index (κ1) is 18.9. The van der Waals surface area contributed by atoms with E-state index in [9.17, 15) is 9.90 Å². The van der Waals surface area contributed by atoms with Crippen LogP contribution in [-0.2, 0) is 0 Å². The number of phenols is 1. The standard InChI is InChI=1S/C23H21N5O3/c29-21-12-15(3-5-18(21)23(30)31)22-25-19-6-4-16(13-20(19)26-22)27-8-10-28(11-9-27)17-2-1-7-24-14-17/h1-7,12-14,29H,8-11H2,(H,25,26)(H,30,31). The van der Waals surface area contributed by atoms with E-state index >= 15 is 0 Å². The highest BCUT2D eigenvalue weighted by atomic mass is 16.4. The first-order chi connectivity index (χ1) is 15.1. The summed E-state index contributed by atoms with van der Waals surface area (Å²) < 4.78 is 0. The molecular formula is C23H21N5O3. The number of aromatic carboxylic acids is 1. The van der Waals surface area contributed by atoms with Gasteiger partial charge in [0.2, 0.25) is 0 Å². The molecule has 0 bridgehead atoms. The molecule has 1 fully saturated rings. The SMILES string of the molecule is O=C(O)c1ccc(-c2nc3cc(N4CCN(c5cccnc5)CC4)ccc3[nH]2)cc1O. The lowest BCUT2D eigenvalue weighted by Gasteiger charge is -2.37. The third-order valence-electron chi connectivity index (χ3n) is 5.62. The van der Waals surface area contributed by atoms with Crippen LogP contribution in [0.25, 0.3) is 22.4 Å². The van der Waals surface area contributed by atoms with Gasteiger partial charge in [-0.1, -0.05) is 6.07 Å². The maximum atomic E-state index is 11.1. The molecule has 31 heavy (non-hydrogen) atoms. The molecule has 0 unspecified atom stereocenters. The third-order valence-corrected chi connectivity index (χ3v) is 5.62. The summed E-state index contributed by atoms with van der Waals surface area (Å²) in [5.74, 6) is -0.861. The van der Waals surface area contributed by atoms with Crippen LogP contribution in [0, 0.1) is 0 Å². The van der Waals surface area contributed by atoms with Crippen molar-refractivity contribution < 1.29 is 15.0 Å². The lowest BCUT2D eigenvalue weighted by molar-refractivity contribution is 0.0694. The first-order valence-corrected chi connectivity index (χ1v) is 10.0. The second-order valence-corrected chi connectivity index (χ2v) is 7.51. The number of fused-ring (bicyclic) bond motifs is 1. The highest BCUT2D eigenvalue weighted by molar-refractivity contribution is 5.92. The number of carboxylic acid groups (broad SMARTS) is 1. The van der Waals surface area contributed by atoms with Crippen molar-refractivity contribution in [2.75, 3.05) is 36.0 Å². The van der Waals surface area contributed by atoms with Gasteiger partial charge in [0.25, 0.3) is 0 Å². The number of aromatic amines is 1. The number of aromatic nitrogens is 3. The minimum Gasteiger partial charge on any atom is -0.507 e. The van der Waals surface area contributed by atoms with Gasteiger partial charge in [0.15, 0.2) is 0 Å². The number of pyridine rings is 1. The van der Waals surface area contributed by atoms with Gasteiger partial charge in [-0.3, -0.25) is 4.98 Å². The number of carbonyl (C=O) groups is 1. The van der Waals surface area contributed by atoms with E-state index in [1.807, 2.05) is 18.3 Å². The molecule has 0 amide bonds. The van der Waals surface area contributed by atoms with Crippen molar-refractivity contribution in [1.29, 1.82) is 0 Å². The fourth-order valence-corrected chi connectivity index (χ4v) is 3.95. The number of nitrogens with zero attached hydrogens (tertiary/aromatic N) is 4. The van der Waals surface area contributed by atoms with Gasteiger partial charge in [-0.25, -0.2) is 9.78 Å². The molecule has 0 spiro atoms. The second kappa shape index (κ2) is 7.64. The number of aromatic hydroxyl groups is 1. The zero-order valence-corrected chi connectivity index (χ0v) is 16.7. The highest BCUT2D eigenvalue weighted by Crippen LogP contribution is 2.29. The monoisotopic (exact) mass is 415 g/mol. The van der Waals surface area contributed by atoms with Crippen molar-refractivity contribution in [3.8, 4) is 17.1 Å². The van der Waals surface area contributed by atoms with Crippen LogP contribution in [-0.4, -0.2) is 57.3 Å². The van der Waals surface area contributed by atoms with E-state index in [1.165, 1.54) is 12.1 Å². The zero-order valence-electron chi connectivity index (χ0n) is 16.7. The van der Waals surface area contributed by atoms with Crippen molar-refractivity contribution in [1.82, 2.24) is 15.0 Å². The predicted molar refractivity (Wildman–Crippen MR) is 119 cm³/mol. The van der Waals surface area contributed by atoms with Gasteiger partial charge < -0.3 is 25.0 Å². The van der Waals surface area contributed by atoms with E-state index in [0.717, 1.165) is 48.6 Å². The molecule has 8 heteroatoms. The molecule has 2 aromatic carbocycles. The molecule has 4 aromatic rings. The van der Waals surface area contributed by atoms with Crippen molar-refractivity contribution in [2.45, 2.75) is 0 Å². The van der Waals surface area contributed by atoms with Gasteiger partial charge in [0.1, 0.15) is 17.1 Å². The Kier molecular flexibility index (Phi) is 4.66. The van der Waals surface area contributed by atoms with Crippen molar-refractivity contribution in [3.63, 3.8) is 0 Å². The number of anilines is 2. The number of rotatable bonds is 4. The Morgan fingerprint density at radius 2 is 1.74 bits per heavy atom. The quantitative estimate of drug-likeness (QED) is 0.469. The molecule has 2 aromatic heterocycles. The van der Waals surface area contributed by atoms with E-state index in [1.54, 1.807) is 12.3 Å². The number of H-pyrrole nitrogens is 1. The Bertz CT molecular complexity index is 1250. The van der Waals surface area contributed by atoms with E-state index in [2.05, 4.69) is 43.0 Å². The molecule has 1 saturated heterocycles. The van der Waals surface area contributed by atoms with Crippen LogP contribution in [0.15, 0.2) is 60.9 Å². The number of carboxylic acids is 1. The van der Waals surface area contributed by atoms with Crippen molar-refractivity contribution in [2.24, 2.45) is 0 Å². The fraction of sp³-hybridized carbons (Fsp3) is 0.174. The van der Waals surface area contributed by atoms with Crippen molar-refractivity contribution >= 4 is 28.4 Å². The molecule has 156 valence electrons. The number of hydrogen-bond donors (Lipinski definition) is 3. The predicted octanol–water partition coefficient (Wildman–Crippen LogP) is 3.36. The molecule has 5 rings (SSSR count). The van der Waals surface area contributed by atoms with Crippen LogP contribution in [0.1, 0.15) is 10.4 Å². The Morgan fingerprint density at radius 3 is 2.42 bits per heavy atom. The molecular weight excluding hydrogens is 394 g/mol. The summed E-state index contributed by atoms with van der Waals surface area (Å²) in [7, 11) is 0. The summed E-state index contributed by atoms with van der Waals surface area (Å²) in [6.07, 6.45) is 3.68. The Hall–Kier alpha value is -4.07. The molecule has 1 aliphatic heterocycles. The number of nitrogens with one attached hydrogen (secondary N) is 1. The Balaban J connectivity index is 1.36. The molecule has 0 radical (unpaired) electrons. The Labute approximate surface area is 178 Å². The zero-order chi connectivity index (χ0) is 21.4. The van der Waals surface area contributed by atoms with Gasteiger partial charge in [-0.05, 0) is 42.5 Å². The fourth-order valence-electron chi connectivity index (χ4n) is 3.95. The van der Waals surface area contributed by atoms with Crippen LogP contribution in [0.4, 0.5) is 11.4 Å². The summed E-state index contributed by atoms with van der Waals surface area (Å²) in [5, 5.41) is 19.1. The summed E-state index contributed by atoms with van der Waals surface area (Å²) in [6, 6.07) is 14.6. The lowest BCUT2D eigenvalue weighted by atomic mass is 10.1. The summed E-state index contributed by atoms with van der Waals surface area (Å²) in [4.78, 5) is 27.9. The van der Waals surface area contributed by atoms with Crippen LogP contribution >= 0.6 is 0 Å². The normalized spacial score (nSPS) is 14.2. The molecule has 1 aliphatic rings. The van der Waals surface area contributed by atoms with E-state index in [4.69, 9.17) is 5.11 Å². The van der Waals surface area contributed by atoms with E-state index < -0.39 is 5.97 Å². The second-order valence-electron chi connectivity index (χ2n) is 7.51. The largest absolute Gasteiger partial charge is 0.507 e. The third kappa shape index (κ3) is 3.63. The molecule has 0 atom stereocenters. The maximum Gasteiger partial charge on any atom is 0.339 e. The first-order valence-electron chi connectivity index (χ1n) is 10.0. The van der Waals surface area contributed by atoms with Crippen LogP contribution in [0.3, 0.4) is 0 Å². The number of imidazole rings is 1. The average molecular weight is 415 g/mol. The number of benzene rings is 2. The summed E-state index contributed by atoms with van der Waals surface area (Å²) in [5.41, 5.74) is 4.46. The van der Waals surface area contributed by atoms with Crippen LogP contribution < -0.4 is 9.80 Å². The minimum atomic E-state index is -1.16. The molecule has 8 nitrogen and oxygen atoms in total. The summed E-state index contributed by atoms with van der Waals surface area (Å²) in [6.45, 7) is 3.65. The average Bonchev–Trinajstić information content (AvgIpc) is 3.23. The minimum absolute atomic E-state index is 0.132. The van der Waals surface area contributed by atoms with Crippen LogP contribution in [0.5, 0.6) is 5.75 Å². The Morgan fingerprint density at radius 1 is 0.968 bits per heavy atom. The van der Waals surface area contributed by atoms with Crippen molar-refractivity contribution in [3.05, 3.63) is 66.5 Å². The van der Waals surface area contributed by atoms with E-state index in [-0.39, 0.29) is 11.3 Å². The van der Waals surface area contributed by atoms with Gasteiger partial charge in [-0.2, -0.15) is 0 Å². The van der Waals surface area contributed by atoms with Gasteiger partial charge in [0.05, 0.1) is 22.9 Å². The van der Waals surface area contributed by atoms with Gasteiger partial charge in [0, 0.05) is 43.6 Å². The summed E-state index contributed by atoms with van der Waals surface area (Å²) >= 11 is 0. The number of hydrogen-bond acceptors (Lipinski definition) is 6. The molecule has 3 N–H and O–H groups in total. The topological polar surface area (TPSA) is 106 Å². The smallest absolute Gasteiger partial charge is 0.339 e. The lowest BCUT2D eigenvalue weighted by Crippen LogP contribution is -2.46.